The molecule has 3 rings (SSSR count). The maximum absolute atomic E-state index is 12.8. The quantitative estimate of drug-likeness (QED) is 0.546. The molecule has 9 heteroatoms. The number of methoxy groups -OCH3 is 1. The van der Waals surface area contributed by atoms with Crippen molar-refractivity contribution in [1.82, 2.24) is 4.31 Å². The van der Waals surface area contributed by atoms with Gasteiger partial charge in [0.25, 0.3) is 5.91 Å². The van der Waals surface area contributed by atoms with Crippen LogP contribution in [0.2, 0.25) is 0 Å². The number of aromatic hydroxyl groups is 1. The number of ether oxygens (including phenoxy) is 2. The average molecular weight is 463 g/mol. The van der Waals surface area contributed by atoms with Crippen LogP contribution in [-0.2, 0) is 10.0 Å². The lowest BCUT2D eigenvalue weighted by molar-refractivity contribution is 0.102. The molecule has 0 aromatic heterocycles. The molecule has 174 valence electrons. The fraction of sp³-hybridized carbons (Fsp3) is 0.435. The monoisotopic (exact) mass is 462 g/mol. The van der Waals surface area contributed by atoms with Crippen molar-refractivity contribution >= 4 is 21.6 Å². The van der Waals surface area contributed by atoms with Gasteiger partial charge < -0.3 is 19.9 Å². The molecule has 32 heavy (non-hydrogen) atoms. The highest BCUT2D eigenvalue weighted by Crippen LogP contribution is 2.33. The number of amides is 1. The number of rotatable bonds is 9. The van der Waals surface area contributed by atoms with Crippen LogP contribution in [0.4, 0.5) is 5.69 Å². The van der Waals surface area contributed by atoms with E-state index in [1.54, 1.807) is 32.0 Å². The fourth-order valence-corrected chi connectivity index (χ4v) is 5.26. The van der Waals surface area contributed by atoms with E-state index in [4.69, 9.17) is 9.47 Å². The highest BCUT2D eigenvalue weighted by molar-refractivity contribution is 7.89. The van der Waals surface area contributed by atoms with Crippen molar-refractivity contribution < 1.29 is 27.8 Å². The number of anilines is 1. The van der Waals surface area contributed by atoms with Crippen molar-refractivity contribution in [2.75, 3.05) is 25.5 Å². The van der Waals surface area contributed by atoms with Crippen LogP contribution in [0.5, 0.6) is 17.2 Å². The summed E-state index contributed by atoms with van der Waals surface area (Å²) in [4.78, 5) is 12.8. The third-order valence-corrected chi connectivity index (χ3v) is 7.63. The largest absolute Gasteiger partial charge is 0.506 e. The molecule has 0 bridgehead atoms. The lowest BCUT2D eigenvalue weighted by atomic mass is 10.1. The first-order valence-corrected chi connectivity index (χ1v) is 12.2. The molecule has 0 aliphatic heterocycles. The minimum atomic E-state index is -3.73. The number of nitrogens with one attached hydrogen (secondary N) is 1. The molecule has 1 fully saturated rings. The van der Waals surface area contributed by atoms with Gasteiger partial charge in [0.1, 0.15) is 5.75 Å². The molecule has 0 heterocycles. The first kappa shape index (κ1) is 23.9. The van der Waals surface area contributed by atoms with Gasteiger partial charge in [0.05, 0.1) is 23.8 Å². The number of carbonyl (C=O) groups excluding carboxylic acids is 1. The molecule has 0 saturated heterocycles. The van der Waals surface area contributed by atoms with Gasteiger partial charge in [-0.1, -0.05) is 13.8 Å². The Morgan fingerprint density at radius 3 is 2.41 bits per heavy atom. The van der Waals surface area contributed by atoms with Crippen molar-refractivity contribution in [3.63, 3.8) is 0 Å². The molecule has 0 unspecified atom stereocenters. The minimum Gasteiger partial charge on any atom is -0.506 e. The van der Waals surface area contributed by atoms with Crippen LogP contribution in [-0.4, -0.2) is 50.0 Å². The van der Waals surface area contributed by atoms with Gasteiger partial charge in [0.15, 0.2) is 11.5 Å². The molecule has 2 aromatic carbocycles. The molecule has 8 nitrogen and oxygen atoms in total. The highest BCUT2D eigenvalue weighted by atomic mass is 32.2. The van der Waals surface area contributed by atoms with Crippen LogP contribution in [0.1, 0.15) is 49.9 Å². The number of hydrogen-bond donors (Lipinski definition) is 2. The second-order valence-corrected chi connectivity index (χ2v) is 9.55. The van der Waals surface area contributed by atoms with Crippen molar-refractivity contribution in [2.45, 2.75) is 50.5 Å². The summed E-state index contributed by atoms with van der Waals surface area (Å²) >= 11 is 0. The Morgan fingerprint density at radius 1 is 1.09 bits per heavy atom. The van der Waals surface area contributed by atoms with E-state index in [1.807, 2.05) is 0 Å². The van der Waals surface area contributed by atoms with E-state index in [2.05, 4.69) is 5.32 Å². The predicted molar refractivity (Wildman–Crippen MR) is 122 cm³/mol. The molecule has 1 aliphatic carbocycles. The number of nitrogens with zero attached hydrogens (tertiary/aromatic N) is 1. The zero-order valence-corrected chi connectivity index (χ0v) is 19.4. The van der Waals surface area contributed by atoms with Crippen molar-refractivity contribution in [1.29, 1.82) is 0 Å². The maximum atomic E-state index is 12.8. The smallest absolute Gasteiger partial charge is 0.255 e. The van der Waals surface area contributed by atoms with Gasteiger partial charge in [-0.15, -0.1) is 0 Å². The van der Waals surface area contributed by atoms with Gasteiger partial charge in [0, 0.05) is 18.7 Å². The highest BCUT2D eigenvalue weighted by Gasteiger charge is 2.24. The van der Waals surface area contributed by atoms with E-state index in [-0.39, 0.29) is 28.0 Å². The van der Waals surface area contributed by atoms with Gasteiger partial charge in [-0.25, -0.2) is 8.42 Å². The van der Waals surface area contributed by atoms with Gasteiger partial charge >= 0.3 is 0 Å². The van der Waals surface area contributed by atoms with E-state index in [9.17, 15) is 18.3 Å². The summed E-state index contributed by atoms with van der Waals surface area (Å²) in [5.74, 6) is 0.270. The fourth-order valence-electron chi connectivity index (χ4n) is 3.77. The summed E-state index contributed by atoms with van der Waals surface area (Å²) in [6.07, 6.45) is 4.42. The summed E-state index contributed by atoms with van der Waals surface area (Å²) < 4.78 is 38.3. The molecule has 0 radical (unpaired) electrons. The van der Waals surface area contributed by atoms with Gasteiger partial charge in [-0.2, -0.15) is 4.31 Å². The van der Waals surface area contributed by atoms with Gasteiger partial charge in [-0.05, 0) is 62.1 Å². The van der Waals surface area contributed by atoms with Gasteiger partial charge in [0.2, 0.25) is 10.0 Å². The summed E-state index contributed by atoms with van der Waals surface area (Å²) in [6, 6.07) is 8.69. The second-order valence-electron chi connectivity index (χ2n) is 7.61. The number of hydrogen-bond acceptors (Lipinski definition) is 6. The predicted octanol–water partition coefficient (Wildman–Crippen LogP) is 4.01. The van der Waals surface area contributed by atoms with E-state index in [0.29, 0.717) is 24.6 Å². The van der Waals surface area contributed by atoms with Crippen LogP contribution < -0.4 is 14.8 Å². The molecular weight excluding hydrogens is 432 g/mol. The molecule has 0 spiro atoms. The van der Waals surface area contributed by atoms with Crippen LogP contribution in [0.3, 0.4) is 0 Å². The third kappa shape index (κ3) is 5.16. The Balaban J connectivity index is 1.82. The van der Waals surface area contributed by atoms with Crippen LogP contribution in [0.15, 0.2) is 41.3 Å². The van der Waals surface area contributed by atoms with Crippen molar-refractivity contribution in [2.24, 2.45) is 0 Å². The Morgan fingerprint density at radius 2 is 1.78 bits per heavy atom. The summed E-state index contributed by atoms with van der Waals surface area (Å²) in [5, 5.41) is 12.8. The third-order valence-electron chi connectivity index (χ3n) is 5.58. The number of phenolic OH excluding ortho intramolecular Hbond substituents is 1. The second kappa shape index (κ2) is 10.2. The number of carbonyl (C=O) groups is 1. The summed E-state index contributed by atoms with van der Waals surface area (Å²) in [5.41, 5.74) is 0.297. The summed E-state index contributed by atoms with van der Waals surface area (Å²) in [6.45, 7) is 4.13. The maximum Gasteiger partial charge on any atom is 0.255 e. The number of benzene rings is 2. The Labute approximate surface area is 189 Å². The molecule has 1 aliphatic rings. The topological polar surface area (TPSA) is 105 Å². The van der Waals surface area contributed by atoms with Crippen LogP contribution in [0.25, 0.3) is 0 Å². The van der Waals surface area contributed by atoms with Crippen molar-refractivity contribution in [3.8, 4) is 17.2 Å². The van der Waals surface area contributed by atoms with Crippen LogP contribution in [0, 0.1) is 0 Å². The molecular formula is C23H30N2O6S. The summed E-state index contributed by atoms with van der Waals surface area (Å²) in [7, 11) is -2.23. The lowest BCUT2D eigenvalue weighted by Gasteiger charge is -2.19. The average Bonchev–Trinajstić information content (AvgIpc) is 3.29. The number of sulfonamides is 1. The van der Waals surface area contributed by atoms with E-state index < -0.39 is 15.9 Å². The van der Waals surface area contributed by atoms with E-state index in [1.165, 1.54) is 29.6 Å². The lowest BCUT2D eigenvalue weighted by Crippen LogP contribution is -2.30. The Kier molecular flexibility index (Phi) is 7.63. The van der Waals surface area contributed by atoms with Gasteiger partial charge in [-0.3, -0.25) is 4.79 Å². The first-order chi connectivity index (χ1) is 15.3. The zero-order chi connectivity index (χ0) is 23.3. The first-order valence-electron chi connectivity index (χ1n) is 10.8. The SMILES string of the molecule is CCN(CC)S(=O)(=O)c1ccc(O)c(NC(=O)c2ccc(OC3CCCC3)c(OC)c2)c1. The van der Waals surface area contributed by atoms with E-state index >= 15 is 0 Å². The zero-order valence-electron chi connectivity index (χ0n) is 18.6. The number of phenols is 1. The Bertz CT molecular complexity index is 1060. The molecule has 0 atom stereocenters. The molecule has 1 saturated carbocycles. The van der Waals surface area contributed by atoms with E-state index in [0.717, 1.165) is 25.7 Å². The molecule has 2 N–H and O–H groups in total. The van der Waals surface area contributed by atoms with Crippen LogP contribution >= 0.6 is 0 Å². The molecule has 1 amide bonds. The molecule has 2 aromatic rings. The standard InChI is InChI=1S/C23H30N2O6S/c1-4-25(5-2)32(28,29)18-11-12-20(26)19(15-18)24-23(27)16-10-13-21(22(14-16)30-3)31-17-8-6-7-9-17/h10-15,17,26H,4-9H2,1-3H3,(H,24,27). The normalized spacial score (nSPS) is 14.5. The Hall–Kier alpha value is -2.78. The minimum absolute atomic E-state index is 0.00723. The van der Waals surface area contributed by atoms with Crippen molar-refractivity contribution in [3.05, 3.63) is 42.0 Å².